The molecule has 0 aromatic heterocycles. The van der Waals surface area contributed by atoms with Crippen LogP contribution in [0.5, 0.6) is 17.2 Å². The Balaban J connectivity index is 1.61. The van der Waals surface area contributed by atoms with Crippen molar-refractivity contribution in [2.75, 3.05) is 26.2 Å². The van der Waals surface area contributed by atoms with Crippen LogP contribution >= 0.6 is 0 Å². The minimum atomic E-state index is -0.0943. The number of β-lactam (4-membered cyclic amide) rings is 1. The number of methoxy groups -OCH3 is 3. The predicted molar refractivity (Wildman–Crippen MR) is 126 cm³/mol. The summed E-state index contributed by atoms with van der Waals surface area (Å²) in [4.78, 5) is 15.2. The van der Waals surface area contributed by atoms with Crippen molar-refractivity contribution in [3.05, 3.63) is 83.9 Å². The molecule has 3 aromatic carbocycles. The molecule has 5 nitrogen and oxygen atoms in total. The van der Waals surface area contributed by atoms with Crippen LogP contribution in [0.4, 0.5) is 5.69 Å². The molecule has 1 fully saturated rings. The highest BCUT2D eigenvalue weighted by molar-refractivity contribution is 6.03. The first-order valence-corrected chi connectivity index (χ1v) is 10.9. The third-order valence-electron chi connectivity index (χ3n) is 6.15. The van der Waals surface area contributed by atoms with E-state index in [4.69, 9.17) is 14.2 Å². The average molecular weight is 432 g/mol. The highest BCUT2D eigenvalue weighted by atomic mass is 16.5. The molecular weight excluding hydrogens is 402 g/mol. The number of carbonyl (C=O) groups excluding carboxylic acids is 1. The zero-order valence-electron chi connectivity index (χ0n) is 18.8. The Labute approximate surface area is 189 Å². The van der Waals surface area contributed by atoms with Gasteiger partial charge in [0.15, 0.2) is 0 Å². The van der Waals surface area contributed by atoms with Gasteiger partial charge in [-0.1, -0.05) is 30.3 Å². The Morgan fingerprint density at radius 3 is 2.16 bits per heavy atom. The van der Waals surface area contributed by atoms with Crippen molar-refractivity contribution in [1.82, 2.24) is 0 Å². The maximum absolute atomic E-state index is 13.3. The van der Waals surface area contributed by atoms with E-state index in [0.29, 0.717) is 0 Å². The number of carbonyl (C=O) groups is 1. The molecule has 5 heteroatoms. The first-order chi connectivity index (χ1) is 15.7. The summed E-state index contributed by atoms with van der Waals surface area (Å²) in [6, 6.07) is 23.8. The van der Waals surface area contributed by atoms with Crippen LogP contribution in [0.1, 0.15) is 30.0 Å². The molecule has 0 saturated carbocycles. The van der Waals surface area contributed by atoms with E-state index in [0.717, 1.165) is 47.8 Å². The van der Waals surface area contributed by atoms with E-state index >= 15 is 0 Å². The number of ether oxygens (including phenoxy) is 3. The lowest BCUT2D eigenvalue weighted by atomic mass is 9.78. The molecule has 166 valence electrons. The summed E-state index contributed by atoms with van der Waals surface area (Å²) in [5, 5.41) is 0. The number of nitrogens with zero attached hydrogens (tertiary/aromatic N) is 1. The summed E-state index contributed by atoms with van der Waals surface area (Å²) in [6.45, 7) is 0. The molecule has 1 amide bonds. The molecule has 0 aliphatic carbocycles. The number of benzene rings is 3. The molecule has 2 atom stereocenters. The number of hydrogen-bond donors (Lipinski definition) is 0. The number of rotatable bonds is 9. The lowest BCUT2D eigenvalue weighted by molar-refractivity contribution is -0.130. The van der Waals surface area contributed by atoms with E-state index in [1.807, 2.05) is 53.4 Å². The number of anilines is 1. The molecule has 32 heavy (non-hydrogen) atoms. The average Bonchev–Trinajstić information content (AvgIpc) is 2.85. The van der Waals surface area contributed by atoms with Gasteiger partial charge in [-0.05, 0) is 61.2 Å². The normalized spacial score (nSPS) is 17.6. The van der Waals surface area contributed by atoms with Gasteiger partial charge in [0.1, 0.15) is 17.2 Å². The maximum atomic E-state index is 13.3. The second kappa shape index (κ2) is 9.77. The van der Waals surface area contributed by atoms with Crippen LogP contribution < -0.4 is 19.1 Å². The fraction of sp³-hybridized carbons (Fsp3) is 0.296. The van der Waals surface area contributed by atoms with E-state index in [2.05, 4.69) is 24.3 Å². The minimum absolute atomic E-state index is 0.0903. The van der Waals surface area contributed by atoms with E-state index < -0.39 is 0 Å². The molecule has 0 unspecified atom stereocenters. The van der Waals surface area contributed by atoms with Gasteiger partial charge in [-0.3, -0.25) is 4.79 Å². The molecule has 0 spiro atoms. The standard InChI is InChI=1S/C27H29NO4/c1-30-21-14-12-20(13-15-21)28-26(23-17-16-22(31-2)18-25(23)32-3)24(27(28)29)11-7-10-19-8-5-4-6-9-19/h4-6,8-9,12-18,24,26H,7,10-11H2,1-3H3/t24-,26-/m1/s1. The third-order valence-corrected chi connectivity index (χ3v) is 6.15. The van der Waals surface area contributed by atoms with Crippen molar-refractivity contribution in [1.29, 1.82) is 0 Å². The minimum Gasteiger partial charge on any atom is -0.497 e. The van der Waals surface area contributed by atoms with Crippen LogP contribution in [-0.4, -0.2) is 27.2 Å². The van der Waals surface area contributed by atoms with E-state index in [1.54, 1.807) is 21.3 Å². The lowest BCUT2D eigenvalue weighted by Gasteiger charge is -2.48. The van der Waals surface area contributed by atoms with Crippen molar-refractivity contribution in [3.63, 3.8) is 0 Å². The van der Waals surface area contributed by atoms with E-state index in [9.17, 15) is 4.79 Å². The van der Waals surface area contributed by atoms with E-state index in [-0.39, 0.29) is 17.9 Å². The van der Waals surface area contributed by atoms with E-state index in [1.165, 1.54) is 5.56 Å². The molecule has 0 N–H and O–H groups in total. The van der Waals surface area contributed by atoms with Gasteiger partial charge in [0.25, 0.3) is 0 Å². The lowest BCUT2D eigenvalue weighted by Crippen LogP contribution is -2.55. The Morgan fingerprint density at radius 1 is 0.812 bits per heavy atom. The van der Waals surface area contributed by atoms with Crippen LogP contribution in [0.2, 0.25) is 0 Å². The van der Waals surface area contributed by atoms with Crippen molar-refractivity contribution in [2.45, 2.75) is 25.3 Å². The molecule has 1 heterocycles. The van der Waals surface area contributed by atoms with Crippen molar-refractivity contribution >= 4 is 11.6 Å². The van der Waals surface area contributed by atoms with Gasteiger partial charge in [0.2, 0.25) is 5.91 Å². The van der Waals surface area contributed by atoms with Gasteiger partial charge >= 0.3 is 0 Å². The molecular formula is C27H29NO4. The third kappa shape index (κ3) is 4.28. The summed E-state index contributed by atoms with van der Waals surface area (Å²) in [7, 11) is 4.93. The topological polar surface area (TPSA) is 48.0 Å². The summed E-state index contributed by atoms with van der Waals surface area (Å²) < 4.78 is 16.3. The van der Waals surface area contributed by atoms with Gasteiger partial charge in [-0.2, -0.15) is 0 Å². The summed E-state index contributed by atoms with van der Waals surface area (Å²) in [5.41, 5.74) is 3.15. The second-order valence-corrected chi connectivity index (χ2v) is 7.94. The molecule has 1 saturated heterocycles. The molecule has 0 bridgehead atoms. The van der Waals surface area contributed by atoms with Crippen LogP contribution in [-0.2, 0) is 11.2 Å². The maximum Gasteiger partial charge on any atom is 0.233 e. The molecule has 1 aliphatic rings. The Morgan fingerprint density at radius 2 is 1.50 bits per heavy atom. The Kier molecular flexibility index (Phi) is 6.64. The van der Waals surface area contributed by atoms with Gasteiger partial charge in [0, 0.05) is 17.3 Å². The van der Waals surface area contributed by atoms with Crippen molar-refractivity contribution < 1.29 is 19.0 Å². The number of amides is 1. The van der Waals surface area contributed by atoms with Crippen LogP contribution in [0.15, 0.2) is 72.8 Å². The number of hydrogen-bond acceptors (Lipinski definition) is 4. The first kappa shape index (κ1) is 21.8. The summed E-state index contributed by atoms with van der Waals surface area (Å²) >= 11 is 0. The molecule has 3 aromatic rings. The van der Waals surface area contributed by atoms with Crippen molar-refractivity contribution in [3.8, 4) is 17.2 Å². The van der Waals surface area contributed by atoms with Gasteiger partial charge in [0.05, 0.1) is 33.3 Å². The van der Waals surface area contributed by atoms with Crippen LogP contribution in [0.25, 0.3) is 0 Å². The Bertz CT molecular complexity index is 1050. The molecule has 1 aliphatic heterocycles. The second-order valence-electron chi connectivity index (χ2n) is 7.94. The fourth-order valence-electron chi connectivity index (χ4n) is 4.45. The number of aryl methyl sites for hydroxylation is 1. The monoisotopic (exact) mass is 431 g/mol. The highest BCUT2D eigenvalue weighted by Gasteiger charge is 2.49. The SMILES string of the molecule is COc1ccc(N2C(=O)[C@H](CCCc3ccccc3)[C@H]2c2ccc(OC)cc2OC)cc1. The van der Waals surface area contributed by atoms with Crippen molar-refractivity contribution in [2.24, 2.45) is 5.92 Å². The predicted octanol–water partition coefficient (Wildman–Crippen LogP) is 5.44. The largest absolute Gasteiger partial charge is 0.497 e. The summed E-state index contributed by atoms with van der Waals surface area (Å²) in [5.74, 6) is 2.27. The molecule has 4 rings (SSSR count). The fourth-order valence-corrected chi connectivity index (χ4v) is 4.45. The Hall–Kier alpha value is -3.47. The van der Waals surface area contributed by atoms with Gasteiger partial charge in [-0.25, -0.2) is 0 Å². The van der Waals surface area contributed by atoms with Crippen LogP contribution in [0, 0.1) is 5.92 Å². The van der Waals surface area contributed by atoms with Gasteiger partial charge < -0.3 is 19.1 Å². The summed E-state index contributed by atoms with van der Waals surface area (Å²) in [6.07, 6.45) is 2.73. The zero-order chi connectivity index (χ0) is 22.5. The highest BCUT2D eigenvalue weighted by Crippen LogP contribution is 2.49. The first-order valence-electron chi connectivity index (χ1n) is 10.9. The van der Waals surface area contributed by atoms with Gasteiger partial charge in [-0.15, -0.1) is 0 Å². The smallest absolute Gasteiger partial charge is 0.233 e. The van der Waals surface area contributed by atoms with Crippen LogP contribution in [0.3, 0.4) is 0 Å². The quantitative estimate of drug-likeness (QED) is 0.423. The zero-order valence-corrected chi connectivity index (χ0v) is 18.8. The molecule has 0 radical (unpaired) electrons.